The average molecular weight is 502 g/mol. The lowest BCUT2D eigenvalue weighted by atomic mass is 9.87. The maximum Gasteiger partial charge on any atom is 0.293 e. The summed E-state index contributed by atoms with van der Waals surface area (Å²) in [4.78, 5) is 27.0. The highest BCUT2D eigenvalue weighted by Crippen LogP contribution is 2.33. The molecule has 0 aliphatic carbocycles. The number of carbonyl (C=O) groups excluding carboxylic acids is 2. The Bertz CT molecular complexity index is 1260. The molecule has 1 saturated heterocycles. The van der Waals surface area contributed by atoms with Crippen LogP contribution in [0.2, 0.25) is 0 Å². The fourth-order valence-corrected chi connectivity index (χ4v) is 4.57. The van der Waals surface area contributed by atoms with Crippen LogP contribution >= 0.6 is 11.8 Å². The van der Waals surface area contributed by atoms with Gasteiger partial charge in [-0.3, -0.25) is 14.5 Å². The van der Waals surface area contributed by atoms with Gasteiger partial charge in [0.05, 0.1) is 11.4 Å². The van der Waals surface area contributed by atoms with Crippen molar-refractivity contribution in [3.05, 3.63) is 100.0 Å². The number of rotatable bonds is 8. The first-order valence-corrected chi connectivity index (χ1v) is 12.8. The van der Waals surface area contributed by atoms with Crippen LogP contribution < -0.4 is 9.47 Å². The Balaban J connectivity index is 1.32. The largest absolute Gasteiger partial charge is 0.490 e. The lowest BCUT2D eigenvalue weighted by Crippen LogP contribution is -2.27. The third-order valence-electron chi connectivity index (χ3n) is 5.83. The topological polar surface area (TPSA) is 55.8 Å². The Hall–Kier alpha value is -3.51. The predicted octanol–water partition coefficient (Wildman–Crippen LogP) is 6.99. The summed E-state index contributed by atoms with van der Waals surface area (Å²) >= 11 is 0.964. The molecule has 36 heavy (non-hydrogen) atoms. The summed E-state index contributed by atoms with van der Waals surface area (Å²) in [6.07, 6.45) is 1.74. The van der Waals surface area contributed by atoms with Crippen molar-refractivity contribution in [1.82, 2.24) is 4.90 Å². The van der Waals surface area contributed by atoms with Crippen molar-refractivity contribution in [3.63, 3.8) is 0 Å². The minimum atomic E-state index is -0.275. The van der Waals surface area contributed by atoms with Crippen molar-refractivity contribution in [2.24, 2.45) is 0 Å². The van der Waals surface area contributed by atoms with Gasteiger partial charge >= 0.3 is 0 Å². The first kappa shape index (κ1) is 25.6. The number of hydrogen-bond donors (Lipinski definition) is 0. The van der Waals surface area contributed by atoms with E-state index in [9.17, 15) is 9.59 Å². The maximum absolute atomic E-state index is 12.9. The molecule has 0 unspecified atom stereocenters. The molecule has 1 heterocycles. The molecule has 0 aromatic heterocycles. The number of hydrogen-bond acceptors (Lipinski definition) is 5. The monoisotopic (exact) mass is 501 g/mol. The normalized spacial score (nSPS) is 15.0. The molecular weight excluding hydrogens is 470 g/mol. The standard InChI is InChI=1S/C30H31NO4S/c1-21-8-10-22(11-9-21)20-31-28(32)27(36-29(31)33)19-23-6-5-7-26(18-23)35-17-16-34-25-14-12-24(13-15-25)30(2,3)4/h5-15,18-19H,16-17,20H2,1-4H3/b27-19-. The van der Waals surface area contributed by atoms with Crippen LogP contribution in [-0.2, 0) is 16.8 Å². The Morgan fingerprint density at radius 3 is 2.19 bits per heavy atom. The summed E-state index contributed by atoms with van der Waals surface area (Å²) in [6, 6.07) is 23.4. The van der Waals surface area contributed by atoms with Gasteiger partial charge in [-0.1, -0.05) is 74.9 Å². The van der Waals surface area contributed by atoms with Gasteiger partial charge in [-0.2, -0.15) is 0 Å². The number of imide groups is 1. The highest BCUT2D eigenvalue weighted by molar-refractivity contribution is 8.18. The van der Waals surface area contributed by atoms with E-state index in [-0.39, 0.29) is 23.1 Å². The number of thioether (sulfide) groups is 1. The number of aryl methyl sites for hydroxylation is 1. The van der Waals surface area contributed by atoms with Crippen molar-refractivity contribution in [2.75, 3.05) is 13.2 Å². The summed E-state index contributed by atoms with van der Waals surface area (Å²) in [6.45, 7) is 9.62. The molecule has 0 atom stereocenters. The molecule has 3 aromatic carbocycles. The van der Waals surface area contributed by atoms with E-state index in [4.69, 9.17) is 9.47 Å². The zero-order valence-corrected chi connectivity index (χ0v) is 21.9. The van der Waals surface area contributed by atoms with Crippen LogP contribution in [0.1, 0.15) is 43.0 Å². The van der Waals surface area contributed by atoms with E-state index in [1.807, 2.05) is 67.6 Å². The molecule has 0 radical (unpaired) electrons. The van der Waals surface area contributed by atoms with Crippen LogP contribution in [0.3, 0.4) is 0 Å². The summed E-state index contributed by atoms with van der Waals surface area (Å²) in [5, 5.41) is -0.257. The van der Waals surface area contributed by atoms with E-state index in [0.29, 0.717) is 23.9 Å². The molecule has 186 valence electrons. The van der Waals surface area contributed by atoms with Gasteiger partial charge in [0.15, 0.2) is 0 Å². The molecule has 4 rings (SSSR count). The Morgan fingerprint density at radius 1 is 0.861 bits per heavy atom. The molecule has 0 N–H and O–H groups in total. The van der Waals surface area contributed by atoms with Crippen molar-refractivity contribution >= 4 is 29.0 Å². The molecule has 1 fully saturated rings. The second-order valence-electron chi connectivity index (χ2n) is 9.80. The Labute approximate surface area is 217 Å². The van der Waals surface area contributed by atoms with Crippen LogP contribution in [-0.4, -0.2) is 29.3 Å². The molecule has 0 bridgehead atoms. The van der Waals surface area contributed by atoms with Gasteiger partial charge in [0.2, 0.25) is 0 Å². The lowest BCUT2D eigenvalue weighted by Gasteiger charge is -2.19. The Morgan fingerprint density at radius 2 is 1.53 bits per heavy atom. The average Bonchev–Trinajstić information content (AvgIpc) is 3.10. The molecule has 2 amide bonds. The Kier molecular flexibility index (Phi) is 7.85. The van der Waals surface area contributed by atoms with Gasteiger partial charge in [-0.25, -0.2) is 0 Å². The van der Waals surface area contributed by atoms with Gasteiger partial charge in [0.25, 0.3) is 11.1 Å². The highest BCUT2D eigenvalue weighted by atomic mass is 32.2. The number of carbonyl (C=O) groups is 2. The molecule has 0 saturated carbocycles. The number of nitrogens with zero attached hydrogens (tertiary/aromatic N) is 1. The van der Waals surface area contributed by atoms with E-state index in [2.05, 4.69) is 32.9 Å². The zero-order chi connectivity index (χ0) is 25.7. The lowest BCUT2D eigenvalue weighted by molar-refractivity contribution is -0.123. The first-order chi connectivity index (χ1) is 17.2. The first-order valence-electron chi connectivity index (χ1n) is 12.0. The number of amides is 2. The van der Waals surface area contributed by atoms with E-state index >= 15 is 0 Å². The summed E-state index contributed by atoms with van der Waals surface area (Å²) in [5.41, 5.74) is 4.22. The van der Waals surface area contributed by atoms with E-state index in [1.54, 1.807) is 6.08 Å². The van der Waals surface area contributed by atoms with Crippen molar-refractivity contribution in [3.8, 4) is 11.5 Å². The molecule has 0 spiro atoms. The molecular formula is C30H31NO4S. The molecule has 6 heteroatoms. The van der Waals surface area contributed by atoms with Crippen molar-refractivity contribution in [2.45, 2.75) is 39.7 Å². The van der Waals surface area contributed by atoms with Crippen LogP contribution in [0, 0.1) is 6.92 Å². The van der Waals surface area contributed by atoms with Gasteiger partial charge in [0, 0.05) is 0 Å². The minimum absolute atomic E-state index is 0.107. The van der Waals surface area contributed by atoms with Gasteiger partial charge < -0.3 is 9.47 Å². The van der Waals surface area contributed by atoms with Gasteiger partial charge in [-0.15, -0.1) is 0 Å². The molecule has 5 nitrogen and oxygen atoms in total. The SMILES string of the molecule is Cc1ccc(CN2C(=O)S/C(=C\c3cccc(OCCOc4ccc(C(C)(C)C)cc4)c3)C2=O)cc1. The molecule has 3 aromatic rings. The van der Waals surface area contributed by atoms with Crippen LogP contribution in [0.4, 0.5) is 4.79 Å². The third-order valence-corrected chi connectivity index (χ3v) is 6.74. The maximum atomic E-state index is 12.9. The van der Waals surface area contributed by atoms with Gasteiger partial charge in [0.1, 0.15) is 24.7 Å². The minimum Gasteiger partial charge on any atom is -0.490 e. The fraction of sp³-hybridized carbons (Fsp3) is 0.267. The van der Waals surface area contributed by atoms with Crippen LogP contribution in [0.15, 0.2) is 77.7 Å². The predicted molar refractivity (Wildman–Crippen MR) is 145 cm³/mol. The molecule has 1 aliphatic heterocycles. The fourth-order valence-electron chi connectivity index (χ4n) is 3.73. The second-order valence-corrected chi connectivity index (χ2v) is 10.8. The van der Waals surface area contributed by atoms with Gasteiger partial charge in [-0.05, 0) is 71.1 Å². The summed E-state index contributed by atoms with van der Waals surface area (Å²) in [7, 11) is 0. The smallest absolute Gasteiger partial charge is 0.293 e. The second kappa shape index (κ2) is 11.0. The highest BCUT2D eigenvalue weighted by Gasteiger charge is 2.34. The third kappa shape index (κ3) is 6.58. The zero-order valence-electron chi connectivity index (χ0n) is 21.1. The number of benzene rings is 3. The van der Waals surface area contributed by atoms with Crippen LogP contribution in [0.25, 0.3) is 6.08 Å². The van der Waals surface area contributed by atoms with Crippen molar-refractivity contribution < 1.29 is 19.1 Å². The van der Waals surface area contributed by atoms with E-state index in [0.717, 1.165) is 34.2 Å². The summed E-state index contributed by atoms with van der Waals surface area (Å²) in [5.74, 6) is 1.21. The summed E-state index contributed by atoms with van der Waals surface area (Å²) < 4.78 is 11.6. The van der Waals surface area contributed by atoms with E-state index < -0.39 is 0 Å². The van der Waals surface area contributed by atoms with E-state index in [1.165, 1.54) is 10.5 Å². The quantitative estimate of drug-likeness (QED) is 0.246. The number of ether oxygens (including phenoxy) is 2. The molecule has 1 aliphatic rings. The van der Waals surface area contributed by atoms with Crippen molar-refractivity contribution in [1.29, 1.82) is 0 Å². The van der Waals surface area contributed by atoms with Crippen LogP contribution in [0.5, 0.6) is 11.5 Å².